The predicted octanol–water partition coefficient (Wildman–Crippen LogP) is 0.874. The minimum atomic E-state index is -0.0732. The largest absolute Gasteiger partial charge is 0.490 e. The summed E-state index contributed by atoms with van der Waals surface area (Å²) in [5.74, 6) is 0.568. The Labute approximate surface area is 96.0 Å². The highest BCUT2D eigenvalue weighted by atomic mass is 16.5. The van der Waals surface area contributed by atoms with Crippen molar-refractivity contribution < 1.29 is 14.3 Å². The number of rotatable bonds is 5. The van der Waals surface area contributed by atoms with E-state index in [0.29, 0.717) is 25.6 Å². The van der Waals surface area contributed by atoms with Gasteiger partial charge in [-0.3, -0.25) is 4.79 Å². The molecule has 0 spiro atoms. The molecule has 0 bridgehead atoms. The van der Waals surface area contributed by atoms with E-state index in [1.165, 1.54) is 0 Å². The van der Waals surface area contributed by atoms with Gasteiger partial charge >= 0.3 is 0 Å². The SMILES string of the molecule is CCCNC1COCC1C(=O)C1=CCCO1. The van der Waals surface area contributed by atoms with Crippen molar-refractivity contribution >= 4 is 5.78 Å². The van der Waals surface area contributed by atoms with Gasteiger partial charge in [-0.15, -0.1) is 0 Å². The second kappa shape index (κ2) is 5.46. The summed E-state index contributed by atoms with van der Waals surface area (Å²) >= 11 is 0. The quantitative estimate of drug-likeness (QED) is 0.754. The minimum absolute atomic E-state index is 0.0732. The fourth-order valence-corrected chi connectivity index (χ4v) is 2.12. The van der Waals surface area contributed by atoms with E-state index >= 15 is 0 Å². The maximum Gasteiger partial charge on any atom is 0.204 e. The summed E-state index contributed by atoms with van der Waals surface area (Å²) in [6.07, 6.45) is 3.80. The highest BCUT2D eigenvalue weighted by Crippen LogP contribution is 2.21. The van der Waals surface area contributed by atoms with Crippen LogP contribution in [0.15, 0.2) is 11.8 Å². The molecule has 0 radical (unpaired) electrons. The lowest BCUT2D eigenvalue weighted by Gasteiger charge is -2.17. The Morgan fingerprint density at radius 2 is 2.44 bits per heavy atom. The Balaban J connectivity index is 1.93. The molecule has 0 saturated carbocycles. The van der Waals surface area contributed by atoms with Crippen molar-refractivity contribution in [3.05, 3.63) is 11.8 Å². The van der Waals surface area contributed by atoms with Crippen LogP contribution in [0.25, 0.3) is 0 Å². The fourth-order valence-electron chi connectivity index (χ4n) is 2.12. The van der Waals surface area contributed by atoms with Crippen molar-refractivity contribution in [2.24, 2.45) is 5.92 Å². The van der Waals surface area contributed by atoms with Gasteiger partial charge in [0.2, 0.25) is 5.78 Å². The summed E-state index contributed by atoms with van der Waals surface area (Å²) in [6.45, 7) is 4.83. The van der Waals surface area contributed by atoms with Crippen LogP contribution in [0.5, 0.6) is 0 Å². The van der Waals surface area contributed by atoms with Crippen molar-refractivity contribution in [2.75, 3.05) is 26.4 Å². The van der Waals surface area contributed by atoms with Crippen LogP contribution in [-0.4, -0.2) is 38.2 Å². The van der Waals surface area contributed by atoms with Crippen LogP contribution in [0.1, 0.15) is 19.8 Å². The first-order valence-electron chi connectivity index (χ1n) is 6.01. The van der Waals surface area contributed by atoms with Gasteiger partial charge in [0.25, 0.3) is 0 Å². The first kappa shape index (κ1) is 11.6. The summed E-state index contributed by atoms with van der Waals surface area (Å²) in [4.78, 5) is 12.1. The molecule has 2 atom stereocenters. The smallest absolute Gasteiger partial charge is 0.204 e. The van der Waals surface area contributed by atoms with Crippen LogP contribution in [0.2, 0.25) is 0 Å². The lowest BCUT2D eigenvalue weighted by Crippen LogP contribution is -2.40. The van der Waals surface area contributed by atoms with Crippen molar-refractivity contribution in [3.63, 3.8) is 0 Å². The van der Waals surface area contributed by atoms with Crippen molar-refractivity contribution in [3.8, 4) is 0 Å². The maximum atomic E-state index is 12.1. The van der Waals surface area contributed by atoms with E-state index in [0.717, 1.165) is 19.4 Å². The number of ether oxygens (including phenoxy) is 2. The highest BCUT2D eigenvalue weighted by molar-refractivity contribution is 5.96. The van der Waals surface area contributed by atoms with Gasteiger partial charge in [-0.2, -0.15) is 0 Å². The first-order chi connectivity index (χ1) is 7.83. The molecule has 0 amide bonds. The molecule has 2 unspecified atom stereocenters. The molecule has 2 aliphatic rings. The summed E-state index contributed by atoms with van der Waals surface area (Å²) in [7, 11) is 0. The van der Waals surface area contributed by atoms with Gasteiger partial charge in [-0.1, -0.05) is 6.92 Å². The molecule has 16 heavy (non-hydrogen) atoms. The van der Waals surface area contributed by atoms with E-state index < -0.39 is 0 Å². The third-order valence-corrected chi connectivity index (χ3v) is 3.02. The molecule has 0 aromatic heterocycles. The van der Waals surface area contributed by atoms with Gasteiger partial charge < -0.3 is 14.8 Å². The average Bonchev–Trinajstić information content (AvgIpc) is 2.96. The number of ketones is 1. The number of nitrogens with one attached hydrogen (secondary N) is 1. The molecule has 1 saturated heterocycles. The van der Waals surface area contributed by atoms with Gasteiger partial charge in [0.15, 0.2) is 5.76 Å². The Kier molecular flexibility index (Phi) is 3.96. The zero-order valence-electron chi connectivity index (χ0n) is 9.70. The van der Waals surface area contributed by atoms with Crippen LogP contribution >= 0.6 is 0 Å². The Morgan fingerprint density at radius 1 is 1.56 bits per heavy atom. The zero-order valence-corrected chi connectivity index (χ0v) is 9.70. The standard InChI is InChI=1S/C12H19NO3/c1-2-5-13-10-8-15-7-9(10)12(14)11-4-3-6-16-11/h4,9-10,13H,2-3,5-8H2,1H3. The molecule has 2 heterocycles. The van der Waals surface area contributed by atoms with Crippen LogP contribution in [0, 0.1) is 5.92 Å². The highest BCUT2D eigenvalue weighted by Gasteiger charge is 2.36. The van der Waals surface area contributed by atoms with E-state index in [-0.39, 0.29) is 17.7 Å². The Hall–Kier alpha value is -0.870. The van der Waals surface area contributed by atoms with Crippen molar-refractivity contribution in [1.29, 1.82) is 0 Å². The molecule has 2 rings (SSSR count). The number of hydrogen-bond acceptors (Lipinski definition) is 4. The lowest BCUT2D eigenvalue weighted by atomic mass is 9.97. The van der Waals surface area contributed by atoms with Gasteiger partial charge in [0, 0.05) is 12.5 Å². The van der Waals surface area contributed by atoms with Gasteiger partial charge in [0.1, 0.15) is 0 Å². The van der Waals surface area contributed by atoms with Gasteiger partial charge in [0.05, 0.1) is 25.7 Å². The molecule has 0 aromatic rings. The van der Waals surface area contributed by atoms with E-state index in [4.69, 9.17) is 9.47 Å². The summed E-state index contributed by atoms with van der Waals surface area (Å²) < 4.78 is 10.7. The van der Waals surface area contributed by atoms with Crippen LogP contribution in [-0.2, 0) is 14.3 Å². The number of carbonyl (C=O) groups is 1. The maximum absolute atomic E-state index is 12.1. The molecule has 90 valence electrons. The molecule has 1 fully saturated rings. The van der Waals surface area contributed by atoms with Crippen molar-refractivity contribution in [1.82, 2.24) is 5.32 Å². The average molecular weight is 225 g/mol. The van der Waals surface area contributed by atoms with E-state index in [2.05, 4.69) is 12.2 Å². The summed E-state index contributed by atoms with van der Waals surface area (Å²) in [6, 6.07) is 0.151. The third kappa shape index (κ3) is 2.44. The normalized spacial score (nSPS) is 28.9. The Bertz CT molecular complexity index is 288. The zero-order chi connectivity index (χ0) is 11.4. The van der Waals surface area contributed by atoms with Crippen LogP contribution in [0.4, 0.5) is 0 Å². The molecule has 0 aliphatic carbocycles. The second-order valence-electron chi connectivity index (χ2n) is 4.27. The Morgan fingerprint density at radius 3 is 3.12 bits per heavy atom. The lowest BCUT2D eigenvalue weighted by molar-refractivity contribution is -0.122. The van der Waals surface area contributed by atoms with E-state index in [9.17, 15) is 4.79 Å². The minimum Gasteiger partial charge on any atom is -0.490 e. The predicted molar refractivity (Wildman–Crippen MR) is 60.0 cm³/mol. The van der Waals surface area contributed by atoms with Crippen LogP contribution in [0.3, 0.4) is 0 Å². The molecule has 0 aromatic carbocycles. The number of carbonyl (C=O) groups excluding carboxylic acids is 1. The molecular weight excluding hydrogens is 206 g/mol. The molecule has 2 aliphatic heterocycles. The first-order valence-corrected chi connectivity index (χ1v) is 6.01. The van der Waals surface area contributed by atoms with Gasteiger partial charge in [-0.25, -0.2) is 0 Å². The van der Waals surface area contributed by atoms with Gasteiger partial charge in [-0.05, 0) is 19.0 Å². The molecule has 4 nitrogen and oxygen atoms in total. The van der Waals surface area contributed by atoms with E-state index in [1.54, 1.807) is 0 Å². The second-order valence-corrected chi connectivity index (χ2v) is 4.27. The fraction of sp³-hybridized carbons (Fsp3) is 0.750. The molecule has 4 heteroatoms. The summed E-state index contributed by atoms with van der Waals surface area (Å²) in [5, 5.41) is 3.36. The molecule has 1 N–H and O–H groups in total. The topological polar surface area (TPSA) is 47.6 Å². The number of allylic oxidation sites excluding steroid dienone is 1. The molecular formula is C12H19NO3. The van der Waals surface area contributed by atoms with E-state index in [1.807, 2.05) is 6.08 Å². The number of Topliss-reactive ketones (excluding diaryl/α,β-unsaturated/α-hetero) is 1. The van der Waals surface area contributed by atoms with Crippen LogP contribution < -0.4 is 5.32 Å². The monoisotopic (exact) mass is 225 g/mol. The van der Waals surface area contributed by atoms with Crippen molar-refractivity contribution in [2.45, 2.75) is 25.8 Å². The number of hydrogen-bond donors (Lipinski definition) is 1. The third-order valence-electron chi connectivity index (χ3n) is 3.02. The summed E-state index contributed by atoms with van der Waals surface area (Å²) in [5.41, 5.74) is 0.